The zero-order valence-electron chi connectivity index (χ0n) is 9.61. The Bertz CT molecular complexity index is 565. The Kier molecular flexibility index (Phi) is 3.40. The van der Waals surface area contributed by atoms with Crippen LogP contribution in [0.2, 0.25) is 5.15 Å². The van der Waals surface area contributed by atoms with E-state index in [4.69, 9.17) is 16.3 Å². The number of hydrogen-bond acceptors (Lipinski definition) is 4. The first-order valence-electron chi connectivity index (χ1n) is 5.15. The quantitative estimate of drug-likeness (QED) is 0.617. The van der Waals surface area contributed by atoms with Crippen LogP contribution in [0.1, 0.15) is 17.4 Å². The molecule has 0 fully saturated rings. The van der Waals surface area contributed by atoms with Crippen molar-refractivity contribution in [3.8, 4) is 0 Å². The van der Waals surface area contributed by atoms with Crippen LogP contribution in [0.15, 0.2) is 12.3 Å². The van der Waals surface area contributed by atoms with Crippen molar-refractivity contribution in [1.29, 1.82) is 0 Å². The lowest BCUT2D eigenvalue weighted by atomic mass is 10.2. The molecule has 5 nitrogen and oxygen atoms in total. The van der Waals surface area contributed by atoms with Gasteiger partial charge in [0, 0.05) is 19.4 Å². The number of methoxy groups -OCH3 is 1. The lowest BCUT2D eigenvalue weighted by molar-refractivity contribution is 0.101. The molecule has 90 valence electrons. The summed E-state index contributed by atoms with van der Waals surface area (Å²) in [4.78, 5) is 15.5. The highest BCUT2D eigenvalue weighted by molar-refractivity contribution is 6.30. The zero-order chi connectivity index (χ0) is 12.4. The Morgan fingerprint density at radius 3 is 3.00 bits per heavy atom. The Morgan fingerprint density at radius 2 is 2.35 bits per heavy atom. The summed E-state index contributed by atoms with van der Waals surface area (Å²) in [7, 11) is 1.62. The smallest absolute Gasteiger partial charge is 0.180 e. The van der Waals surface area contributed by atoms with Crippen LogP contribution in [0.25, 0.3) is 10.9 Å². The van der Waals surface area contributed by atoms with E-state index in [0.29, 0.717) is 24.0 Å². The normalized spacial score (nSPS) is 11.0. The van der Waals surface area contributed by atoms with Crippen molar-refractivity contribution >= 4 is 28.3 Å². The van der Waals surface area contributed by atoms with Gasteiger partial charge in [0.05, 0.1) is 24.9 Å². The van der Waals surface area contributed by atoms with Crippen molar-refractivity contribution in [1.82, 2.24) is 14.8 Å². The zero-order valence-corrected chi connectivity index (χ0v) is 10.4. The molecule has 2 aromatic rings. The number of hydrogen-bond donors (Lipinski definition) is 0. The average molecular weight is 254 g/mol. The van der Waals surface area contributed by atoms with Crippen molar-refractivity contribution in [2.24, 2.45) is 0 Å². The van der Waals surface area contributed by atoms with Crippen LogP contribution in [0.3, 0.4) is 0 Å². The van der Waals surface area contributed by atoms with E-state index in [0.717, 1.165) is 10.9 Å². The molecule has 0 bridgehead atoms. The molecule has 0 spiro atoms. The van der Waals surface area contributed by atoms with Crippen molar-refractivity contribution in [2.45, 2.75) is 13.5 Å². The molecule has 0 amide bonds. The minimum Gasteiger partial charge on any atom is -0.383 e. The second-order valence-corrected chi connectivity index (χ2v) is 4.03. The molecule has 0 unspecified atom stereocenters. The number of carbonyl (C=O) groups excluding carboxylic acids is 1. The number of halogens is 1. The molecule has 2 rings (SSSR count). The van der Waals surface area contributed by atoms with Gasteiger partial charge in [-0.25, -0.2) is 4.98 Å². The van der Waals surface area contributed by atoms with Gasteiger partial charge in [0.25, 0.3) is 0 Å². The maximum Gasteiger partial charge on any atom is 0.180 e. The fraction of sp³-hybridized carbons (Fsp3) is 0.364. The Morgan fingerprint density at radius 1 is 1.59 bits per heavy atom. The van der Waals surface area contributed by atoms with Crippen molar-refractivity contribution in [3.05, 3.63) is 23.1 Å². The summed E-state index contributed by atoms with van der Waals surface area (Å²) in [6.45, 7) is 2.58. The topological polar surface area (TPSA) is 57.0 Å². The van der Waals surface area contributed by atoms with E-state index >= 15 is 0 Å². The molecular formula is C11H12ClN3O2. The maximum atomic E-state index is 11.5. The van der Waals surface area contributed by atoms with Crippen molar-refractivity contribution < 1.29 is 9.53 Å². The summed E-state index contributed by atoms with van der Waals surface area (Å²) >= 11 is 5.82. The van der Waals surface area contributed by atoms with E-state index in [1.54, 1.807) is 24.1 Å². The van der Waals surface area contributed by atoms with Gasteiger partial charge in [-0.3, -0.25) is 9.48 Å². The monoisotopic (exact) mass is 253 g/mol. The predicted octanol–water partition coefficient (Wildman–Crippen LogP) is 1.93. The van der Waals surface area contributed by atoms with Gasteiger partial charge in [-0.05, 0) is 6.07 Å². The number of fused-ring (bicyclic) bond motifs is 1. The third kappa shape index (κ3) is 2.30. The van der Waals surface area contributed by atoms with Crippen LogP contribution >= 0.6 is 11.6 Å². The summed E-state index contributed by atoms with van der Waals surface area (Å²) in [5.41, 5.74) is 1.21. The molecule has 0 aliphatic carbocycles. The van der Waals surface area contributed by atoms with E-state index in [2.05, 4.69) is 10.1 Å². The van der Waals surface area contributed by atoms with E-state index < -0.39 is 0 Å². The van der Waals surface area contributed by atoms with Crippen LogP contribution in [0, 0.1) is 0 Å². The number of aromatic nitrogens is 3. The first kappa shape index (κ1) is 12.0. The first-order chi connectivity index (χ1) is 8.13. The molecule has 2 heterocycles. The molecule has 2 aromatic heterocycles. The van der Waals surface area contributed by atoms with E-state index in [1.165, 1.54) is 6.92 Å². The largest absolute Gasteiger partial charge is 0.383 e. The summed E-state index contributed by atoms with van der Waals surface area (Å²) in [5, 5.41) is 5.34. The van der Waals surface area contributed by atoms with E-state index in [1.807, 2.05) is 0 Å². The lowest BCUT2D eigenvalue weighted by Gasteiger charge is -2.01. The summed E-state index contributed by atoms with van der Waals surface area (Å²) in [6.07, 6.45) is 1.62. The molecule has 0 N–H and O–H groups in total. The third-order valence-corrected chi connectivity index (χ3v) is 2.65. The number of rotatable bonds is 4. The SMILES string of the molecule is COCCn1nc(C(C)=O)c2cc(Cl)ncc21. The van der Waals surface area contributed by atoms with Gasteiger partial charge in [-0.1, -0.05) is 11.6 Å². The summed E-state index contributed by atoms with van der Waals surface area (Å²) < 4.78 is 6.70. The standard InChI is InChI=1S/C11H12ClN3O2/c1-7(16)11-8-5-10(12)13-6-9(8)15(14-11)3-4-17-2/h5-6H,3-4H2,1-2H3. The summed E-state index contributed by atoms with van der Waals surface area (Å²) in [6, 6.07) is 1.66. The predicted molar refractivity (Wildman–Crippen MR) is 64.4 cm³/mol. The molecule has 0 atom stereocenters. The first-order valence-corrected chi connectivity index (χ1v) is 5.53. The van der Waals surface area contributed by atoms with Gasteiger partial charge < -0.3 is 4.74 Å². The van der Waals surface area contributed by atoms with Gasteiger partial charge in [-0.2, -0.15) is 5.10 Å². The molecule has 0 saturated heterocycles. The molecule has 6 heteroatoms. The molecule has 0 aromatic carbocycles. The van der Waals surface area contributed by atoms with Crippen molar-refractivity contribution in [2.75, 3.05) is 13.7 Å². The van der Waals surface area contributed by atoms with Gasteiger partial charge in [0.15, 0.2) is 5.78 Å². The van der Waals surface area contributed by atoms with Gasteiger partial charge in [0.1, 0.15) is 10.8 Å². The van der Waals surface area contributed by atoms with Gasteiger partial charge in [0.2, 0.25) is 0 Å². The number of ether oxygens (including phenoxy) is 1. The summed E-state index contributed by atoms with van der Waals surface area (Å²) in [5.74, 6) is -0.0894. The molecule has 0 saturated carbocycles. The van der Waals surface area contributed by atoms with Crippen LogP contribution < -0.4 is 0 Å². The van der Waals surface area contributed by atoms with Crippen LogP contribution in [-0.4, -0.2) is 34.3 Å². The highest BCUT2D eigenvalue weighted by atomic mass is 35.5. The fourth-order valence-electron chi connectivity index (χ4n) is 1.65. The molecule has 0 aliphatic rings. The lowest BCUT2D eigenvalue weighted by Crippen LogP contribution is -2.06. The second kappa shape index (κ2) is 4.81. The highest BCUT2D eigenvalue weighted by Crippen LogP contribution is 2.21. The number of pyridine rings is 1. The Hall–Kier alpha value is -1.46. The van der Waals surface area contributed by atoms with Crippen LogP contribution in [0.4, 0.5) is 0 Å². The average Bonchev–Trinajstić information content (AvgIpc) is 2.64. The second-order valence-electron chi connectivity index (χ2n) is 3.64. The number of carbonyl (C=O) groups is 1. The van der Waals surface area contributed by atoms with Gasteiger partial charge in [-0.15, -0.1) is 0 Å². The number of nitrogens with zero attached hydrogens (tertiary/aromatic N) is 3. The van der Waals surface area contributed by atoms with E-state index in [-0.39, 0.29) is 5.78 Å². The minimum atomic E-state index is -0.0894. The Balaban J connectivity index is 2.58. The fourth-order valence-corrected chi connectivity index (χ4v) is 1.81. The maximum absolute atomic E-state index is 11.5. The molecule has 17 heavy (non-hydrogen) atoms. The number of Topliss-reactive ketones (excluding diaryl/α,β-unsaturated/α-hetero) is 1. The minimum absolute atomic E-state index is 0.0894. The van der Waals surface area contributed by atoms with Crippen LogP contribution in [-0.2, 0) is 11.3 Å². The molecule has 0 radical (unpaired) electrons. The Labute approximate surface area is 103 Å². The highest BCUT2D eigenvalue weighted by Gasteiger charge is 2.14. The third-order valence-electron chi connectivity index (χ3n) is 2.44. The molecular weight excluding hydrogens is 242 g/mol. The molecule has 0 aliphatic heterocycles. The number of ketones is 1. The van der Waals surface area contributed by atoms with Gasteiger partial charge >= 0.3 is 0 Å². The van der Waals surface area contributed by atoms with Crippen molar-refractivity contribution in [3.63, 3.8) is 0 Å². The van der Waals surface area contributed by atoms with Crippen LogP contribution in [0.5, 0.6) is 0 Å². The van der Waals surface area contributed by atoms with E-state index in [9.17, 15) is 4.79 Å².